The number of hydrogen-bond donors (Lipinski definition) is 0. The molecule has 0 N–H and O–H groups in total. The minimum absolute atomic E-state index is 0. The maximum Gasteiger partial charge on any atom is 0 e. The molecule has 0 aliphatic carbocycles. The molecule has 0 amide bonds. The summed E-state index contributed by atoms with van der Waals surface area (Å²) in [5.41, 5.74) is 0. The van der Waals surface area contributed by atoms with Crippen LogP contribution in [0.25, 0.3) is 0 Å². The van der Waals surface area contributed by atoms with Crippen LogP contribution in [-0.2, 0) is 33.6 Å². The first-order valence-electron chi connectivity index (χ1n) is 0. The summed E-state index contributed by atoms with van der Waals surface area (Å²) in [5, 5.41) is 0. The molecule has 4 heavy (non-hydrogen) atoms. The smallest absolute Gasteiger partial charge is 0 e. The van der Waals surface area contributed by atoms with E-state index >= 15 is 0 Å². The zero-order valence-electron chi connectivity index (χ0n) is 2.27. The molecule has 0 atom stereocenters. The third-order valence-corrected chi connectivity index (χ3v) is 0. The van der Waals surface area contributed by atoms with Gasteiger partial charge < -0.3 is 0 Å². The van der Waals surface area contributed by atoms with E-state index in [4.69, 9.17) is 0 Å². The van der Waals surface area contributed by atoms with E-state index in [9.17, 15) is 0 Å². The van der Waals surface area contributed by atoms with Crippen molar-refractivity contribution < 1.29 is 33.6 Å². The summed E-state index contributed by atoms with van der Waals surface area (Å²) < 4.78 is 0. The Morgan fingerprint density at radius 3 is 1.00 bits per heavy atom. The van der Waals surface area contributed by atoms with Gasteiger partial charge in [0.1, 0.15) is 0 Å². The molecule has 0 saturated carbocycles. The second-order valence-corrected chi connectivity index (χ2v) is 0. The fourth-order valence-corrected chi connectivity index (χ4v) is 0. The first-order chi connectivity index (χ1) is 0. The van der Waals surface area contributed by atoms with Crippen LogP contribution in [0.3, 0.4) is 0 Å². The Balaban J connectivity index is 0. The van der Waals surface area contributed by atoms with Crippen LogP contribution in [0, 0.1) is 0 Å². The third kappa shape index (κ3) is 8.82. The van der Waals surface area contributed by atoms with E-state index in [2.05, 4.69) is 0 Å². The van der Waals surface area contributed by atoms with Crippen molar-refractivity contribution in [3.8, 4) is 0 Å². The van der Waals surface area contributed by atoms with Crippen LogP contribution in [0.2, 0.25) is 0 Å². The molecule has 21 valence electrons. The topological polar surface area (TPSA) is 0 Å². The molecule has 0 aliphatic heterocycles. The summed E-state index contributed by atoms with van der Waals surface area (Å²) in [6.07, 6.45) is 0. The van der Waals surface area contributed by atoms with Crippen molar-refractivity contribution in [1.82, 2.24) is 0 Å². The molecule has 0 fully saturated rings. The second-order valence-electron chi connectivity index (χ2n) is 0. The molecule has 0 unspecified atom stereocenters. The van der Waals surface area contributed by atoms with Crippen LogP contribution in [-0.4, -0.2) is 46.9 Å². The Morgan fingerprint density at radius 2 is 1.00 bits per heavy atom. The summed E-state index contributed by atoms with van der Waals surface area (Å²) in [5.74, 6) is 0. The van der Waals surface area contributed by atoms with Gasteiger partial charge in [0.25, 0.3) is 0 Å². The van der Waals surface area contributed by atoms with Gasteiger partial charge in [-0.3, -0.25) is 0 Å². The molecule has 0 aromatic rings. The van der Waals surface area contributed by atoms with Crippen molar-refractivity contribution in [2.24, 2.45) is 0 Å². The Kier molecular flexibility index (Phi) is 137. The van der Waals surface area contributed by atoms with Gasteiger partial charge in [-0.15, -0.1) is 0 Å². The molecule has 0 aromatic heterocycles. The fraction of sp³-hybridized carbons (Fsp3) is 0. The number of rotatable bonds is 0. The van der Waals surface area contributed by atoms with E-state index in [1.54, 1.807) is 0 Å². The van der Waals surface area contributed by atoms with E-state index < -0.39 is 0 Å². The van der Waals surface area contributed by atoms with Crippen LogP contribution in [0.5, 0.6) is 0 Å². The van der Waals surface area contributed by atoms with Crippen LogP contribution < -0.4 is 0 Å². The van der Waals surface area contributed by atoms with Crippen LogP contribution in [0.15, 0.2) is 0 Å². The summed E-state index contributed by atoms with van der Waals surface area (Å²) in [4.78, 5) is 0. The van der Waals surface area contributed by atoms with Gasteiger partial charge in [-0.1, -0.05) is 0 Å². The summed E-state index contributed by atoms with van der Waals surface area (Å²) in [7, 11) is 0. The summed E-state index contributed by atoms with van der Waals surface area (Å²) >= 11 is 0. The van der Waals surface area contributed by atoms with Crippen molar-refractivity contribution in [3.05, 3.63) is 0 Å². The third-order valence-electron chi connectivity index (χ3n) is 0. The van der Waals surface area contributed by atoms with Gasteiger partial charge >= 0.3 is 0 Å². The van der Waals surface area contributed by atoms with Crippen LogP contribution >= 0.6 is 0 Å². The average Bonchev–Trinajstić information content (AvgIpc) is 0. The summed E-state index contributed by atoms with van der Waals surface area (Å²) in [6, 6.07) is 0. The fourth-order valence-electron chi connectivity index (χ4n) is 0. The molecule has 0 aliphatic rings. The normalized spacial score (nSPS) is 0. The van der Waals surface area contributed by atoms with Crippen molar-refractivity contribution in [2.45, 2.75) is 0 Å². The zero-order valence-corrected chi connectivity index (χ0v) is 7.59. The minimum Gasteiger partial charge on any atom is 0 e. The van der Waals surface area contributed by atoms with E-state index in [-0.39, 0.29) is 80.5 Å². The van der Waals surface area contributed by atoms with E-state index in [0.717, 1.165) is 0 Å². The Labute approximate surface area is 79.3 Å². The van der Waals surface area contributed by atoms with Gasteiger partial charge in [-0.05, 0) is 0 Å². The zero-order chi connectivity index (χ0) is 0. The molecular weight excluding hydrogens is 164 g/mol. The molecule has 0 rings (SSSR count). The van der Waals surface area contributed by atoms with Crippen molar-refractivity contribution in [1.29, 1.82) is 0 Å². The molecule has 0 saturated heterocycles. The quantitative estimate of drug-likeness (QED) is 0.412. The molecular formula is AlMnNaNi. The maximum atomic E-state index is 0. The first-order valence-corrected chi connectivity index (χ1v) is 0. The SMILES string of the molecule is [Al].[Mn].[Na].[Ni]. The van der Waals surface area contributed by atoms with Crippen LogP contribution in [0.4, 0.5) is 0 Å². The molecule has 0 aromatic carbocycles. The maximum absolute atomic E-state index is 0. The van der Waals surface area contributed by atoms with Gasteiger partial charge in [0, 0.05) is 80.5 Å². The van der Waals surface area contributed by atoms with Crippen molar-refractivity contribution >= 4 is 46.9 Å². The first kappa shape index (κ1) is 31.1. The van der Waals surface area contributed by atoms with Crippen LogP contribution in [0.1, 0.15) is 0 Å². The van der Waals surface area contributed by atoms with Crippen molar-refractivity contribution in [2.75, 3.05) is 0 Å². The van der Waals surface area contributed by atoms with Crippen molar-refractivity contribution in [3.63, 3.8) is 0 Å². The second kappa shape index (κ2) is 17.7. The number of hydrogen-bond acceptors (Lipinski definition) is 0. The standard InChI is InChI=1S/Al.Mn.Na.Ni. The van der Waals surface area contributed by atoms with Gasteiger partial charge in [0.15, 0.2) is 0 Å². The van der Waals surface area contributed by atoms with Gasteiger partial charge in [-0.2, -0.15) is 0 Å². The van der Waals surface area contributed by atoms with E-state index in [1.807, 2.05) is 0 Å². The molecule has 0 nitrogen and oxygen atoms in total. The molecule has 0 heterocycles. The Bertz CT molecular complexity index is 8.00. The Morgan fingerprint density at radius 1 is 1.00 bits per heavy atom. The predicted molar refractivity (Wildman–Crippen MR) is 11.5 cm³/mol. The van der Waals surface area contributed by atoms with Gasteiger partial charge in [-0.25, -0.2) is 0 Å². The summed E-state index contributed by atoms with van der Waals surface area (Å²) in [6.45, 7) is 0. The average molecular weight is 164 g/mol. The predicted octanol–water partition coefficient (Wildman–Crippen LogP) is -0.767. The molecule has 0 spiro atoms. The molecule has 0 bridgehead atoms. The van der Waals surface area contributed by atoms with E-state index in [1.165, 1.54) is 0 Å². The Hall–Kier alpha value is 2.55. The van der Waals surface area contributed by atoms with Gasteiger partial charge in [0.2, 0.25) is 0 Å². The molecule has 5 radical (unpaired) electrons. The molecule has 4 heteroatoms. The van der Waals surface area contributed by atoms with E-state index in [0.29, 0.717) is 0 Å². The largest absolute Gasteiger partial charge is 0 e. The minimum atomic E-state index is 0. The monoisotopic (exact) mass is 163 g/mol. The van der Waals surface area contributed by atoms with Gasteiger partial charge in [0.05, 0.1) is 0 Å².